The molecule has 2 nitrogen and oxygen atoms in total. The van der Waals surface area contributed by atoms with Gasteiger partial charge in [-0.05, 0) is 30.3 Å². The van der Waals surface area contributed by atoms with Crippen LogP contribution in [0.2, 0.25) is 18.1 Å². The summed E-state index contributed by atoms with van der Waals surface area (Å²) in [6, 6.07) is 7.41. The molecule has 1 N–H and O–H groups in total. The summed E-state index contributed by atoms with van der Waals surface area (Å²) in [5, 5.41) is 2.56. The van der Waals surface area contributed by atoms with Crippen molar-refractivity contribution in [3.8, 4) is 0 Å². The number of rotatable bonds is 7. The van der Waals surface area contributed by atoms with Crippen LogP contribution < -0.4 is 5.32 Å². The Bertz CT molecular complexity index is 538. The highest BCUT2D eigenvalue weighted by atomic mass is 28.3. The largest absolute Gasteiger partial charge is 0.361 e. The van der Waals surface area contributed by atoms with Crippen molar-refractivity contribution < 1.29 is 0 Å². The first-order chi connectivity index (χ1) is 9.25. The predicted molar refractivity (Wildman–Crippen MR) is 86.5 cm³/mol. The van der Waals surface area contributed by atoms with Gasteiger partial charge in [0.05, 0.1) is 11.7 Å². The highest BCUT2D eigenvalue weighted by molar-refractivity contribution is 6.92. The molecule has 0 unspecified atom stereocenters. The molecule has 0 radical (unpaired) electrons. The minimum absolute atomic E-state index is 1.03. The van der Waals surface area contributed by atoms with Crippen molar-refractivity contribution in [2.45, 2.75) is 18.1 Å². The van der Waals surface area contributed by atoms with E-state index < -0.39 is 8.07 Å². The molecule has 98 valence electrons. The molecule has 2 aromatic heterocycles. The fourth-order valence-corrected chi connectivity index (χ4v) is 6.35. The second-order valence-electron chi connectivity index (χ2n) is 4.90. The normalized spacial score (nSPS) is 11.4. The Morgan fingerprint density at radius 2 is 1.74 bits per heavy atom. The molecule has 0 saturated carbocycles. The van der Waals surface area contributed by atoms with Gasteiger partial charge < -0.3 is 4.98 Å². The first-order valence-corrected chi connectivity index (χ1v) is 9.14. The van der Waals surface area contributed by atoms with E-state index in [-0.39, 0.29) is 0 Å². The van der Waals surface area contributed by atoms with E-state index in [4.69, 9.17) is 0 Å². The molecule has 0 aromatic carbocycles. The van der Waals surface area contributed by atoms with E-state index in [1.807, 2.05) is 36.7 Å². The molecule has 0 aliphatic rings. The Hall–Kier alpha value is -1.87. The summed E-state index contributed by atoms with van der Waals surface area (Å²) in [7, 11) is -1.69. The van der Waals surface area contributed by atoms with Gasteiger partial charge in [-0.3, -0.25) is 4.98 Å². The third-order valence-electron chi connectivity index (χ3n) is 3.60. The lowest BCUT2D eigenvalue weighted by Gasteiger charge is -2.27. The van der Waals surface area contributed by atoms with Gasteiger partial charge in [-0.1, -0.05) is 18.2 Å². The third-order valence-corrected chi connectivity index (χ3v) is 8.22. The first kappa shape index (κ1) is 13.6. The molecular formula is C16H20N2Si. The monoisotopic (exact) mass is 268 g/mol. The molecule has 19 heavy (non-hydrogen) atoms. The lowest BCUT2D eigenvalue weighted by atomic mass is 10.3. The summed E-state index contributed by atoms with van der Waals surface area (Å²) in [6.45, 7) is 11.8. The minimum atomic E-state index is -1.69. The number of hydrogen-bond acceptors (Lipinski definition) is 1. The van der Waals surface area contributed by atoms with Crippen LogP contribution >= 0.6 is 0 Å². The molecule has 0 aliphatic heterocycles. The van der Waals surface area contributed by atoms with Crippen LogP contribution in [0.4, 0.5) is 0 Å². The molecule has 0 spiro atoms. The number of aromatic amines is 1. The van der Waals surface area contributed by atoms with Gasteiger partial charge in [0.2, 0.25) is 0 Å². The Balaban J connectivity index is 2.54. The average Bonchev–Trinajstić information content (AvgIpc) is 2.83. The summed E-state index contributed by atoms with van der Waals surface area (Å²) in [5.74, 6) is 0. The van der Waals surface area contributed by atoms with E-state index in [0.717, 1.165) is 23.6 Å². The number of nitrogens with one attached hydrogen (secondary N) is 1. The van der Waals surface area contributed by atoms with Crippen LogP contribution in [0, 0.1) is 0 Å². The lowest BCUT2D eigenvalue weighted by Crippen LogP contribution is -2.47. The second-order valence-corrected chi connectivity index (χ2v) is 9.23. The summed E-state index contributed by atoms with van der Waals surface area (Å²) >= 11 is 0. The highest BCUT2D eigenvalue weighted by Crippen LogP contribution is 2.24. The van der Waals surface area contributed by atoms with Crippen LogP contribution in [-0.2, 0) is 0 Å². The minimum Gasteiger partial charge on any atom is -0.361 e. The Morgan fingerprint density at radius 1 is 1.11 bits per heavy atom. The van der Waals surface area contributed by atoms with Crippen LogP contribution in [0.3, 0.4) is 0 Å². The summed E-state index contributed by atoms with van der Waals surface area (Å²) in [4.78, 5) is 7.72. The molecule has 3 heteroatoms. The summed E-state index contributed by atoms with van der Waals surface area (Å²) in [5.41, 5.74) is 1.10. The van der Waals surface area contributed by atoms with Gasteiger partial charge in [0.15, 0.2) is 0 Å². The Labute approximate surface area is 115 Å². The number of nitrogens with zero attached hydrogens (tertiary/aromatic N) is 1. The number of aromatic nitrogens is 2. The maximum absolute atomic E-state index is 4.17. The third kappa shape index (κ3) is 2.61. The van der Waals surface area contributed by atoms with Gasteiger partial charge in [0.1, 0.15) is 8.07 Å². The van der Waals surface area contributed by atoms with Gasteiger partial charge in [-0.25, -0.2) is 0 Å². The van der Waals surface area contributed by atoms with Crippen LogP contribution in [0.25, 0.3) is 10.9 Å². The van der Waals surface area contributed by atoms with Crippen molar-refractivity contribution >= 4 is 24.3 Å². The van der Waals surface area contributed by atoms with Gasteiger partial charge in [0.25, 0.3) is 0 Å². The second kappa shape index (κ2) is 5.84. The first-order valence-electron chi connectivity index (χ1n) is 6.51. The summed E-state index contributed by atoms with van der Waals surface area (Å²) in [6.07, 6.45) is 9.81. The van der Waals surface area contributed by atoms with Gasteiger partial charge in [-0.15, -0.1) is 19.7 Å². The van der Waals surface area contributed by atoms with Gasteiger partial charge in [-0.2, -0.15) is 0 Å². The zero-order chi connectivity index (χ0) is 13.7. The fourth-order valence-electron chi connectivity index (χ4n) is 2.67. The molecule has 0 atom stereocenters. The highest BCUT2D eigenvalue weighted by Gasteiger charge is 2.32. The van der Waals surface area contributed by atoms with E-state index >= 15 is 0 Å². The molecule has 0 aliphatic carbocycles. The standard InChI is InChI=1S/C16H20N2Si/c1-4-9-19(10-5-2,11-6-3)16-12-14-7-8-17-13-15(14)18-16/h4-8,12-13,18H,1-3,9-11H2. The zero-order valence-electron chi connectivity index (χ0n) is 11.2. The number of fused-ring (bicyclic) bond motifs is 1. The molecule has 0 amide bonds. The van der Waals surface area contributed by atoms with Crippen LogP contribution in [0.1, 0.15) is 0 Å². The predicted octanol–water partition coefficient (Wildman–Crippen LogP) is 3.78. The summed E-state index contributed by atoms with van der Waals surface area (Å²) < 4.78 is 0. The maximum atomic E-state index is 4.17. The molecule has 2 heterocycles. The van der Waals surface area contributed by atoms with E-state index in [1.54, 1.807) is 0 Å². The van der Waals surface area contributed by atoms with E-state index in [9.17, 15) is 0 Å². The van der Waals surface area contributed by atoms with Crippen molar-refractivity contribution in [3.05, 3.63) is 62.5 Å². The average molecular weight is 268 g/mol. The van der Waals surface area contributed by atoms with E-state index in [0.29, 0.717) is 0 Å². The van der Waals surface area contributed by atoms with Crippen LogP contribution in [0.5, 0.6) is 0 Å². The Kier molecular flexibility index (Phi) is 4.17. The van der Waals surface area contributed by atoms with Gasteiger partial charge >= 0.3 is 0 Å². The van der Waals surface area contributed by atoms with Crippen LogP contribution in [0.15, 0.2) is 62.5 Å². The number of allylic oxidation sites excluding steroid dienone is 3. The number of H-pyrrole nitrogens is 1. The van der Waals surface area contributed by atoms with Crippen molar-refractivity contribution in [1.82, 2.24) is 9.97 Å². The molecule has 2 aromatic rings. The van der Waals surface area contributed by atoms with Crippen LogP contribution in [-0.4, -0.2) is 18.0 Å². The molecule has 0 fully saturated rings. The maximum Gasteiger partial charge on any atom is 0.118 e. The molecule has 0 bridgehead atoms. The van der Waals surface area contributed by atoms with E-state index in [2.05, 4.69) is 35.8 Å². The fraction of sp³-hybridized carbons (Fsp3) is 0.188. The lowest BCUT2D eigenvalue weighted by molar-refractivity contribution is 1.32. The molecule has 2 rings (SSSR count). The van der Waals surface area contributed by atoms with Gasteiger partial charge in [0, 0.05) is 16.9 Å². The van der Waals surface area contributed by atoms with Crippen molar-refractivity contribution in [2.24, 2.45) is 0 Å². The SMILES string of the molecule is C=CC[Si](CC=C)(CC=C)c1cc2ccncc2[nH]1. The van der Waals surface area contributed by atoms with E-state index in [1.165, 1.54) is 10.7 Å². The quantitative estimate of drug-likeness (QED) is 0.601. The van der Waals surface area contributed by atoms with Crippen molar-refractivity contribution in [3.63, 3.8) is 0 Å². The topological polar surface area (TPSA) is 28.7 Å². The Morgan fingerprint density at radius 3 is 2.26 bits per heavy atom. The number of pyridine rings is 1. The number of hydrogen-bond donors (Lipinski definition) is 1. The molecular weight excluding hydrogens is 248 g/mol. The van der Waals surface area contributed by atoms with Crippen molar-refractivity contribution in [2.75, 3.05) is 0 Å². The zero-order valence-corrected chi connectivity index (χ0v) is 12.2. The smallest absolute Gasteiger partial charge is 0.118 e. The molecule has 0 saturated heterocycles. The van der Waals surface area contributed by atoms with Crippen molar-refractivity contribution in [1.29, 1.82) is 0 Å².